The van der Waals surface area contributed by atoms with Gasteiger partial charge in [0.1, 0.15) is 15.9 Å². The highest BCUT2D eigenvalue weighted by Crippen LogP contribution is 2.36. The van der Waals surface area contributed by atoms with E-state index in [1.807, 2.05) is 5.38 Å². The van der Waals surface area contributed by atoms with Gasteiger partial charge in [-0.2, -0.15) is 0 Å². The van der Waals surface area contributed by atoms with Gasteiger partial charge in [-0.3, -0.25) is 9.78 Å². The molecule has 3 atom stereocenters. The monoisotopic (exact) mass is 519 g/mol. The van der Waals surface area contributed by atoms with Crippen molar-refractivity contribution in [1.82, 2.24) is 14.9 Å². The van der Waals surface area contributed by atoms with Crippen LogP contribution in [0.25, 0.3) is 10.9 Å². The minimum Gasteiger partial charge on any atom is -0.497 e. The fourth-order valence-electron chi connectivity index (χ4n) is 4.89. The van der Waals surface area contributed by atoms with Gasteiger partial charge in [0.2, 0.25) is 0 Å². The number of pyridine rings is 1. The average Bonchev–Trinajstić information content (AvgIpc) is 3.36. The number of fused-ring (bicyclic) bond motifs is 1. The zero-order valence-corrected chi connectivity index (χ0v) is 21.2. The Balaban J connectivity index is 1.39. The molecule has 3 unspecified atom stereocenters. The Kier molecular flexibility index (Phi) is 8.94. The number of piperidine rings is 1. The van der Waals surface area contributed by atoms with Crippen LogP contribution in [0, 0.1) is 17.7 Å². The van der Waals surface area contributed by atoms with E-state index in [1.165, 1.54) is 7.11 Å². The summed E-state index contributed by atoms with van der Waals surface area (Å²) < 4.78 is 21.0. The van der Waals surface area contributed by atoms with E-state index in [-0.39, 0.29) is 23.8 Å². The number of benzene rings is 1. The standard InChI is InChI=1S/C25H30FN3O4S2/c1-33-18-3-4-21-19(13-18)24(20(26)14-28-21)22(30)5-2-16-6-8-29(15-17(16)12-23(31)32)9-11-35-25-27-7-10-34-25/h3-4,7,10,13-14,16-17,22,30H,2,5-6,8-9,11-12,15H2,1H3,(H,31,32). The van der Waals surface area contributed by atoms with Gasteiger partial charge in [-0.25, -0.2) is 9.37 Å². The molecule has 2 N–H and O–H groups in total. The lowest BCUT2D eigenvalue weighted by molar-refractivity contribution is -0.139. The summed E-state index contributed by atoms with van der Waals surface area (Å²) in [6, 6.07) is 5.19. The molecule has 0 aliphatic carbocycles. The summed E-state index contributed by atoms with van der Waals surface area (Å²) >= 11 is 3.34. The highest BCUT2D eigenvalue weighted by Gasteiger charge is 2.31. The topological polar surface area (TPSA) is 95.8 Å². The molecular weight excluding hydrogens is 489 g/mol. The third-order valence-corrected chi connectivity index (χ3v) is 8.61. The maximum atomic E-state index is 14.7. The molecule has 0 spiro atoms. The summed E-state index contributed by atoms with van der Waals surface area (Å²) in [7, 11) is 1.54. The number of aliphatic carboxylic acids is 1. The molecule has 10 heteroatoms. The molecule has 7 nitrogen and oxygen atoms in total. The molecule has 1 aromatic carbocycles. The van der Waals surface area contributed by atoms with E-state index < -0.39 is 17.9 Å². The quantitative estimate of drug-likeness (QED) is 0.347. The second-order valence-electron chi connectivity index (χ2n) is 8.85. The van der Waals surface area contributed by atoms with E-state index in [1.54, 1.807) is 47.5 Å². The van der Waals surface area contributed by atoms with Gasteiger partial charge in [0.05, 0.1) is 24.9 Å². The number of carboxylic acid groups (broad SMARTS) is 1. The van der Waals surface area contributed by atoms with Crippen LogP contribution in [0.3, 0.4) is 0 Å². The number of aliphatic hydroxyl groups excluding tert-OH is 1. The molecule has 188 valence electrons. The van der Waals surface area contributed by atoms with Crippen molar-refractivity contribution in [3.05, 3.63) is 47.4 Å². The molecule has 4 rings (SSSR count). The molecule has 2 aromatic heterocycles. The molecule has 1 aliphatic rings. The molecule has 0 amide bonds. The van der Waals surface area contributed by atoms with Crippen molar-refractivity contribution in [2.24, 2.45) is 11.8 Å². The Morgan fingerprint density at radius 3 is 2.97 bits per heavy atom. The van der Waals surface area contributed by atoms with Crippen LogP contribution in [-0.4, -0.2) is 63.5 Å². The first-order chi connectivity index (χ1) is 16.9. The van der Waals surface area contributed by atoms with Gasteiger partial charge in [-0.05, 0) is 55.8 Å². The van der Waals surface area contributed by atoms with E-state index in [9.17, 15) is 19.4 Å². The Labute approximate surface area is 212 Å². The molecule has 1 fully saturated rings. The van der Waals surface area contributed by atoms with Gasteiger partial charge in [0, 0.05) is 47.8 Å². The van der Waals surface area contributed by atoms with Crippen LogP contribution in [0.1, 0.15) is 37.4 Å². The predicted octanol–water partition coefficient (Wildman–Crippen LogP) is 4.86. The zero-order valence-electron chi connectivity index (χ0n) is 19.6. The number of hydrogen-bond acceptors (Lipinski definition) is 8. The van der Waals surface area contributed by atoms with Gasteiger partial charge in [0.15, 0.2) is 0 Å². The van der Waals surface area contributed by atoms with Crippen molar-refractivity contribution in [2.75, 3.05) is 32.5 Å². The number of ether oxygens (including phenoxy) is 1. The molecular formula is C25H30FN3O4S2. The second kappa shape index (κ2) is 12.1. The fourth-order valence-corrected chi connectivity index (χ4v) is 6.60. The third kappa shape index (κ3) is 6.69. The first kappa shape index (κ1) is 25.8. The van der Waals surface area contributed by atoms with Crippen molar-refractivity contribution in [1.29, 1.82) is 0 Å². The summed E-state index contributed by atoms with van der Waals surface area (Å²) in [6.45, 7) is 2.49. The van der Waals surface area contributed by atoms with Crippen molar-refractivity contribution < 1.29 is 24.1 Å². The highest BCUT2D eigenvalue weighted by atomic mass is 32.2. The zero-order chi connectivity index (χ0) is 24.8. The number of rotatable bonds is 11. The Morgan fingerprint density at radius 2 is 2.23 bits per heavy atom. The van der Waals surface area contributed by atoms with Crippen LogP contribution in [0.5, 0.6) is 5.75 Å². The number of aliphatic hydroxyl groups is 1. The van der Waals surface area contributed by atoms with E-state index in [0.29, 0.717) is 29.5 Å². The number of carbonyl (C=O) groups is 1. The molecule has 35 heavy (non-hydrogen) atoms. The van der Waals surface area contributed by atoms with Gasteiger partial charge in [-0.15, -0.1) is 11.3 Å². The normalized spacial score (nSPS) is 19.6. The van der Waals surface area contributed by atoms with Crippen LogP contribution in [0.4, 0.5) is 4.39 Å². The number of aromatic nitrogens is 2. The fraction of sp³-hybridized carbons (Fsp3) is 0.480. The largest absolute Gasteiger partial charge is 0.497 e. The SMILES string of the molecule is COc1ccc2ncc(F)c(C(O)CCC3CCN(CCSc4nccs4)CC3CC(=O)O)c2c1. The molecule has 1 saturated heterocycles. The van der Waals surface area contributed by atoms with E-state index in [4.69, 9.17) is 4.74 Å². The van der Waals surface area contributed by atoms with Crippen molar-refractivity contribution in [3.63, 3.8) is 0 Å². The summed E-state index contributed by atoms with van der Waals surface area (Å²) in [5.74, 6) is 0.284. The molecule has 3 heterocycles. The lowest BCUT2D eigenvalue weighted by Gasteiger charge is -2.38. The van der Waals surface area contributed by atoms with Crippen molar-refractivity contribution >= 4 is 40.0 Å². The number of halogens is 1. The first-order valence-electron chi connectivity index (χ1n) is 11.7. The Bertz CT molecular complexity index is 1130. The number of hydrogen-bond donors (Lipinski definition) is 2. The molecule has 0 saturated carbocycles. The van der Waals surface area contributed by atoms with Gasteiger partial charge in [0.25, 0.3) is 0 Å². The first-order valence-corrected chi connectivity index (χ1v) is 13.6. The highest BCUT2D eigenvalue weighted by molar-refractivity contribution is 8.01. The molecule has 1 aliphatic heterocycles. The number of likely N-dealkylation sites (tertiary alicyclic amines) is 1. The van der Waals surface area contributed by atoms with Crippen LogP contribution < -0.4 is 4.74 Å². The van der Waals surface area contributed by atoms with Gasteiger partial charge < -0.3 is 19.8 Å². The van der Waals surface area contributed by atoms with Gasteiger partial charge in [-0.1, -0.05) is 11.8 Å². The van der Waals surface area contributed by atoms with Crippen molar-refractivity contribution in [2.45, 2.75) is 36.1 Å². The van der Waals surface area contributed by atoms with E-state index >= 15 is 0 Å². The predicted molar refractivity (Wildman–Crippen MR) is 136 cm³/mol. The smallest absolute Gasteiger partial charge is 0.303 e. The lowest BCUT2D eigenvalue weighted by Crippen LogP contribution is -2.42. The maximum absolute atomic E-state index is 14.7. The van der Waals surface area contributed by atoms with Gasteiger partial charge >= 0.3 is 5.97 Å². The molecule has 0 radical (unpaired) electrons. The summed E-state index contributed by atoms with van der Waals surface area (Å²) in [4.78, 5) is 22.3. The maximum Gasteiger partial charge on any atom is 0.303 e. The van der Waals surface area contributed by atoms with Crippen LogP contribution >= 0.6 is 23.1 Å². The summed E-state index contributed by atoms with van der Waals surface area (Å²) in [5, 5.41) is 23.0. The number of carboxylic acids is 1. The van der Waals surface area contributed by atoms with Crippen LogP contribution in [0.2, 0.25) is 0 Å². The Morgan fingerprint density at radius 1 is 1.37 bits per heavy atom. The van der Waals surface area contributed by atoms with Crippen molar-refractivity contribution in [3.8, 4) is 5.75 Å². The Hall–Kier alpha value is -2.27. The minimum absolute atomic E-state index is 0.00237. The lowest BCUT2D eigenvalue weighted by atomic mass is 9.79. The number of nitrogens with zero attached hydrogens (tertiary/aromatic N) is 3. The van der Waals surface area contributed by atoms with Crippen LogP contribution in [0.15, 0.2) is 40.3 Å². The van der Waals surface area contributed by atoms with Crippen LogP contribution in [-0.2, 0) is 4.79 Å². The average molecular weight is 520 g/mol. The summed E-state index contributed by atoms with van der Waals surface area (Å²) in [5.41, 5.74) is 0.814. The number of methoxy groups -OCH3 is 1. The van der Waals surface area contributed by atoms with E-state index in [0.717, 1.165) is 42.3 Å². The minimum atomic E-state index is -1.01. The summed E-state index contributed by atoms with van der Waals surface area (Å²) in [6.07, 6.45) is 3.88. The third-order valence-electron chi connectivity index (χ3n) is 6.67. The second-order valence-corrected chi connectivity index (χ2v) is 11.1. The molecule has 3 aromatic rings. The number of thiazole rings is 1. The molecule has 0 bridgehead atoms. The van der Waals surface area contributed by atoms with E-state index in [2.05, 4.69) is 14.9 Å². The number of thioether (sulfide) groups is 1.